The third kappa shape index (κ3) is 3.54. The fraction of sp³-hybridized carbons (Fsp3) is 0.615. The SMILES string of the molecule is CCC[C@H]1O[C@@H](n2cnc3c(N)ncnc32)[C@@H](O)C1OP(O)(=S)OC. The summed E-state index contributed by atoms with van der Waals surface area (Å²) in [5, 5.41) is 10.7. The summed E-state index contributed by atoms with van der Waals surface area (Å²) in [7, 11) is 1.26. The highest BCUT2D eigenvalue weighted by Gasteiger charge is 2.47. The summed E-state index contributed by atoms with van der Waals surface area (Å²) in [6, 6.07) is 0. The molecule has 0 amide bonds. The lowest BCUT2D eigenvalue weighted by Gasteiger charge is -2.24. The normalized spacial score (nSPS) is 29.1. The van der Waals surface area contributed by atoms with Crippen molar-refractivity contribution in [2.45, 2.75) is 44.3 Å². The maximum absolute atomic E-state index is 10.7. The number of hydrogen-bond acceptors (Lipinski definition) is 9. The molecule has 2 aromatic rings. The number of anilines is 1. The van der Waals surface area contributed by atoms with Crippen molar-refractivity contribution in [2.24, 2.45) is 0 Å². The number of nitrogen functional groups attached to an aromatic ring is 1. The van der Waals surface area contributed by atoms with E-state index in [2.05, 4.69) is 15.0 Å². The van der Waals surface area contributed by atoms with Crippen molar-refractivity contribution in [3.8, 4) is 0 Å². The molecule has 0 aliphatic carbocycles. The second-order valence-electron chi connectivity index (χ2n) is 5.65. The van der Waals surface area contributed by atoms with Gasteiger partial charge in [0.2, 0.25) is 0 Å². The minimum Gasteiger partial charge on any atom is -0.386 e. The number of hydrogen-bond donors (Lipinski definition) is 3. The van der Waals surface area contributed by atoms with Crippen molar-refractivity contribution < 1.29 is 23.8 Å². The molecule has 1 aliphatic rings. The van der Waals surface area contributed by atoms with E-state index in [0.717, 1.165) is 6.42 Å². The van der Waals surface area contributed by atoms with Crippen LogP contribution in [0.2, 0.25) is 0 Å². The van der Waals surface area contributed by atoms with Gasteiger partial charge >= 0.3 is 6.72 Å². The minimum atomic E-state index is -3.46. The number of aliphatic hydroxyl groups is 1. The Bertz CT molecular complexity index is 804. The number of fused-ring (bicyclic) bond motifs is 1. The molecule has 1 aliphatic heterocycles. The van der Waals surface area contributed by atoms with Gasteiger partial charge in [0.25, 0.3) is 0 Å². The van der Waals surface area contributed by atoms with Gasteiger partial charge in [0.15, 0.2) is 17.7 Å². The first-order valence-corrected chi connectivity index (χ1v) is 10.3. The zero-order valence-corrected chi connectivity index (χ0v) is 15.4. The van der Waals surface area contributed by atoms with Crippen LogP contribution in [0.3, 0.4) is 0 Å². The highest BCUT2D eigenvalue weighted by molar-refractivity contribution is 8.07. The van der Waals surface area contributed by atoms with Gasteiger partial charge in [0, 0.05) is 7.11 Å². The Morgan fingerprint density at radius 1 is 1.44 bits per heavy atom. The average Bonchev–Trinajstić information content (AvgIpc) is 3.12. The average molecular weight is 389 g/mol. The van der Waals surface area contributed by atoms with Crippen molar-refractivity contribution in [2.75, 3.05) is 12.8 Å². The molecular formula is C13H20N5O5PS. The second-order valence-corrected chi connectivity index (χ2v) is 8.55. The van der Waals surface area contributed by atoms with Crippen molar-refractivity contribution in [3.05, 3.63) is 12.7 Å². The molecule has 3 heterocycles. The molecule has 138 valence electrons. The van der Waals surface area contributed by atoms with Gasteiger partial charge in [-0.05, 0) is 18.2 Å². The quantitative estimate of drug-likeness (QED) is 0.606. The third-order valence-corrected chi connectivity index (χ3v) is 5.71. The van der Waals surface area contributed by atoms with Crippen LogP contribution in [0.5, 0.6) is 0 Å². The van der Waals surface area contributed by atoms with Crippen LogP contribution in [-0.4, -0.2) is 54.9 Å². The molecule has 0 saturated carbocycles. The van der Waals surface area contributed by atoms with Crippen molar-refractivity contribution in [1.29, 1.82) is 0 Å². The number of nitrogens with two attached hydrogens (primary N) is 1. The van der Waals surface area contributed by atoms with Crippen LogP contribution >= 0.6 is 6.72 Å². The summed E-state index contributed by atoms with van der Waals surface area (Å²) in [6.07, 6.45) is 0.977. The Hall–Kier alpha value is -1.20. The van der Waals surface area contributed by atoms with Gasteiger partial charge in [-0.1, -0.05) is 13.3 Å². The van der Waals surface area contributed by atoms with Gasteiger partial charge in [0.1, 0.15) is 24.1 Å². The van der Waals surface area contributed by atoms with Crippen molar-refractivity contribution in [1.82, 2.24) is 19.5 Å². The number of rotatable bonds is 6. The second kappa shape index (κ2) is 7.20. The van der Waals surface area contributed by atoms with Gasteiger partial charge in [-0.2, -0.15) is 0 Å². The number of nitrogens with zero attached hydrogens (tertiary/aromatic N) is 4. The van der Waals surface area contributed by atoms with Gasteiger partial charge in [0.05, 0.1) is 12.4 Å². The number of ether oxygens (including phenoxy) is 1. The third-order valence-electron chi connectivity index (χ3n) is 4.03. The molecule has 2 aromatic heterocycles. The van der Waals surface area contributed by atoms with Crippen LogP contribution < -0.4 is 5.73 Å². The van der Waals surface area contributed by atoms with Crippen LogP contribution in [0, 0.1) is 0 Å². The maximum atomic E-state index is 10.7. The van der Waals surface area contributed by atoms with E-state index in [9.17, 15) is 10.00 Å². The molecule has 1 saturated heterocycles. The molecule has 5 atom stereocenters. The fourth-order valence-corrected chi connectivity index (χ4v) is 3.80. The van der Waals surface area contributed by atoms with Gasteiger partial charge in [-0.3, -0.25) is 9.09 Å². The standard InChI is InChI=1S/C13H20N5O5PS/c1-3-4-7-10(23-24(20,25)21-2)9(19)13(22-7)18-6-17-8-11(14)15-5-16-12(8)18/h5-7,9-10,13,19H,3-4H2,1-2H3,(H,20,25)(H2,14,15,16)/t7-,9+,10?,13-,24?/m1/s1. The van der Waals surface area contributed by atoms with Gasteiger partial charge in [-0.15, -0.1) is 0 Å². The highest BCUT2D eigenvalue weighted by atomic mass is 32.5. The van der Waals surface area contributed by atoms with Gasteiger partial charge in [-0.25, -0.2) is 15.0 Å². The molecule has 25 heavy (non-hydrogen) atoms. The molecule has 4 N–H and O–H groups in total. The van der Waals surface area contributed by atoms with E-state index >= 15 is 0 Å². The summed E-state index contributed by atoms with van der Waals surface area (Å²) < 4.78 is 17.8. The minimum absolute atomic E-state index is 0.236. The summed E-state index contributed by atoms with van der Waals surface area (Å²) in [6.45, 7) is -1.48. The van der Waals surface area contributed by atoms with E-state index in [4.69, 9.17) is 31.3 Å². The monoisotopic (exact) mass is 389 g/mol. The molecule has 1 fully saturated rings. The summed E-state index contributed by atoms with van der Waals surface area (Å²) in [5.41, 5.74) is 6.64. The van der Waals surface area contributed by atoms with E-state index in [1.165, 1.54) is 19.8 Å². The summed E-state index contributed by atoms with van der Waals surface area (Å²) in [4.78, 5) is 22.2. The predicted octanol–water partition coefficient (Wildman–Crippen LogP) is 0.715. The lowest BCUT2D eigenvalue weighted by atomic mass is 10.1. The van der Waals surface area contributed by atoms with E-state index < -0.39 is 31.3 Å². The molecule has 0 radical (unpaired) electrons. The van der Waals surface area contributed by atoms with E-state index in [0.29, 0.717) is 17.6 Å². The Kier molecular flexibility index (Phi) is 5.35. The zero-order valence-electron chi connectivity index (χ0n) is 13.7. The van der Waals surface area contributed by atoms with Crippen LogP contribution in [0.15, 0.2) is 12.7 Å². The molecule has 0 aromatic carbocycles. The number of aliphatic hydroxyl groups excluding tert-OH is 1. The highest BCUT2D eigenvalue weighted by Crippen LogP contribution is 2.48. The lowest BCUT2D eigenvalue weighted by molar-refractivity contribution is -0.0370. The van der Waals surface area contributed by atoms with Crippen LogP contribution in [0.4, 0.5) is 5.82 Å². The molecule has 2 unspecified atom stereocenters. The largest absolute Gasteiger partial charge is 0.386 e. The predicted molar refractivity (Wildman–Crippen MR) is 92.9 cm³/mol. The topological polar surface area (TPSA) is 138 Å². The Balaban J connectivity index is 1.94. The van der Waals surface area contributed by atoms with Crippen molar-refractivity contribution in [3.63, 3.8) is 0 Å². The first kappa shape index (κ1) is 18.6. The van der Waals surface area contributed by atoms with E-state index in [1.54, 1.807) is 4.57 Å². The molecule has 0 bridgehead atoms. The lowest BCUT2D eigenvalue weighted by Crippen LogP contribution is -2.33. The number of aromatic nitrogens is 4. The zero-order chi connectivity index (χ0) is 18.2. The fourth-order valence-electron chi connectivity index (χ4n) is 2.85. The molecule has 0 spiro atoms. The van der Waals surface area contributed by atoms with Crippen LogP contribution in [0.25, 0.3) is 11.2 Å². The number of imidazole rings is 1. The van der Waals surface area contributed by atoms with E-state index in [-0.39, 0.29) is 5.82 Å². The Morgan fingerprint density at radius 3 is 2.88 bits per heavy atom. The first-order chi connectivity index (χ1) is 11.9. The van der Waals surface area contributed by atoms with E-state index in [1.807, 2.05) is 6.92 Å². The van der Waals surface area contributed by atoms with Crippen LogP contribution in [0.1, 0.15) is 26.0 Å². The Labute approximate surface area is 149 Å². The van der Waals surface area contributed by atoms with Crippen LogP contribution in [-0.2, 0) is 25.6 Å². The van der Waals surface area contributed by atoms with Gasteiger partial charge < -0.3 is 25.0 Å². The summed E-state index contributed by atoms with van der Waals surface area (Å²) >= 11 is 4.90. The molecule has 3 rings (SSSR count). The van der Waals surface area contributed by atoms with Crippen molar-refractivity contribution >= 4 is 35.5 Å². The molecule has 12 heteroatoms. The molecule has 10 nitrogen and oxygen atoms in total. The maximum Gasteiger partial charge on any atom is 0.324 e. The molecular weight excluding hydrogens is 369 g/mol. The Morgan fingerprint density at radius 2 is 2.20 bits per heavy atom. The smallest absolute Gasteiger partial charge is 0.324 e. The summed E-state index contributed by atoms with van der Waals surface area (Å²) in [5.74, 6) is 0.236. The first-order valence-electron chi connectivity index (χ1n) is 7.71.